The van der Waals surface area contributed by atoms with Gasteiger partial charge in [0, 0.05) is 34.7 Å². The molecule has 0 aliphatic heterocycles. The average Bonchev–Trinajstić information content (AvgIpc) is 1.85. The van der Waals surface area contributed by atoms with Crippen LogP contribution in [-0.2, 0) is 9.84 Å². The van der Waals surface area contributed by atoms with Crippen molar-refractivity contribution in [2.24, 2.45) is 0 Å². The van der Waals surface area contributed by atoms with Crippen LogP contribution in [0.1, 0.15) is 19.3 Å². The highest BCUT2D eigenvalue weighted by Gasteiger charge is 1.99. The lowest BCUT2D eigenvalue weighted by Gasteiger charge is -1.97. The monoisotopic (exact) mass is 243 g/mol. The minimum Gasteiger partial charge on any atom is -0.256 e. The molecule has 0 aromatic rings. The van der Waals surface area contributed by atoms with E-state index in [1.165, 1.54) is 6.26 Å². The van der Waals surface area contributed by atoms with Gasteiger partial charge >= 0.3 is 0 Å². The second-order valence-corrected chi connectivity index (χ2v) is 5.39. The maximum atomic E-state index is 10.6. The summed E-state index contributed by atoms with van der Waals surface area (Å²) in [6.07, 6.45) is 4.02. The van der Waals surface area contributed by atoms with Gasteiger partial charge in [0.05, 0.1) is 0 Å². The van der Waals surface area contributed by atoms with Crippen molar-refractivity contribution in [3.8, 4) is 0 Å². The zero-order valence-corrected chi connectivity index (χ0v) is 9.04. The number of hydrogen-bond donors (Lipinski definition) is 1. The molecule has 0 aliphatic rings. The molecule has 0 saturated carbocycles. The van der Waals surface area contributed by atoms with Crippen LogP contribution in [0.25, 0.3) is 0 Å². The van der Waals surface area contributed by atoms with E-state index in [1.54, 1.807) is 0 Å². The Labute approximate surface area is 76.8 Å². The van der Waals surface area contributed by atoms with E-state index in [9.17, 15) is 8.42 Å². The van der Waals surface area contributed by atoms with E-state index in [0.717, 1.165) is 25.8 Å². The fourth-order valence-corrected chi connectivity index (χ4v) is 1.74. The highest BCUT2D eigenvalue weighted by Crippen LogP contribution is 1.97. The molecular formula is C6H14BrNO2S. The van der Waals surface area contributed by atoms with Gasteiger partial charge in [-0.25, -0.2) is 8.42 Å². The third kappa shape index (κ3) is 10.4. The van der Waals surface area contributed by atoms with Crippen LogP contribution >= 0.6 is 16.1 Å². The quantitative estimate of drug-likeness (QED) is 0.562. The lowest BCUT2D eigenvalue weighted by atomic mass is 10.2. The van der Waals surface area contributed by atoms with Crippen molar-refractivity contribution in [3.05, 3.63) is 0 Å². The molecule has 0 heterocycles. The highest BCUT2D eigenvalue weighted by molar-refractivity contribution is 9.08. The van der Waals surface area contributed by atoms with Crippen molar-refractivity contribution in [2.45, 2.75) is 19.3 Å². The summed E-state index contributed by atoms with van der Waals surface area (Å²) in [5.74, 6) is 0.315. The maximum absolute atomic E-state index is 10.6. The first-order valence-electron chi connectivity index (χ1n) is 3.57. The van der Waals surface area contributed by atoms with Crippen LogP contribution in [0.4, 0.5) is 0 Å². The Kier molecular flexibility index (Phi) is 6.18. The highest BCUT2D eigenvalue weighted by atomic mass is 79.9. The Morgan fingerprint density at radius 3 is 2.36 bits per heavy atom. The van der Waals surface area contributed by atoms with Gasteiger partial charge in [0.1, 0.15) is 9.84 Å². The number of halogens is 1. The number of hydrogen-bond acceptors (Lipinski definition) is 3. The summed E-state index contributed by atoms with van der Waals surface area (Å²) in [7, 11) is -2.74. The molecule has 0 fully saturated rings. The second kappa shape index (κ2) is 5.97. The van der Waals surface area contributed by atoms with Gasteiger partial charge in [0.2, 0.25) is 0 Å². The minimum absolute atomic E-state index is 0.315. The predicted molar refractivity (Wildman–Crippen MR) is 50.5 cm³/mol. The lowest BCUT2D eigenvalue weighted by molar-refractivity contribution is 0.595. The van der Waals surface area contributed by atoms with Gasteiger partial charge in [-0.1, -0.05) is 6.42 Å². The number of sulfone groups is 1. The van der Waals surface area contributed by atoms with Gasteiger partial charge < -0.3 is 0 Å². The Balaban J connectivity index is 3.16. The Morgan fingerprint density at radius 1 is 1.27 bits per heavy atom. The molecule has 0 aromatic heterocycles. The van der Waals surface area contributed by atoms with E-state index in [0.29, 0.717) is 5.75 Å². The first kappa shape index (κ1) is 11.4. The van der Waals surface area contributed by atoms with E-state index in [-0.39, 0.29) is 0 Å². The molecule has 0 rings (SSSR count). The van der Waals surface area contributed by atoms with E-state index in [2.05, 4.69) is 20.5 Å². The lowest BCUT2D eigenvalue weighted by Crippen LogP contribution is -2.04. The minimum atomic E-state index is -2.74. The Bertz CT molecular complexity index is 179. The van der Waals surface area contributed by atoms with Crippen LogP contribution < -0.4 is 4.34 Å². The first-order valence-corrected chi connectivity index (χ1v) is 6.43. The normalized spacial score (nSPS) is 11.8. The molecule has 11 heavy (non-hydrogen) atoms. The third-order valence-corrected chi connectivity index (χ3v) is 2.71. The molecule has 0 spiro atoms. The second-order valence-electron chi connectivity index (χ2n) is 2.57. The predicted octanol–water partition coefficient (Wildman–Crippen LogP) is 1.10. The number of rotatable bonds is 6. The van der Waals surface area contributed by atoms with Crippen LogP contribution in [0, 0.1) is 0 Å². The standard InChI is InChI=1S/C6H14BrNO2S/c1-11(9,10)6-4-2-3-5-8-7/h8H,2-6H2,1H3. The third-order valence-electron chi connectivity index (χ3n) is 1.29. The Morgan fingerprint density at radius 2 is 1.91 bits per heavy atom. The number of nitrogens with one attached hydrogen (secondary N) is 1. The maximum Gasteiger partial charge on any atom is 0.147 e. The van der Waals surface area contributed by atoms with Gasteiger partial charge in [0.15, 0.2) is 0 Å². The van der Waals surface area contributed by atoms with Crippen LogP contribution in [-0.4, -0.2) is 27.0 Å². The van der Waals surface area contributed by atoms with Gasteiger partial charge in [0.25, 0.3) is 0 Å². The van der Waals surface area contributed by atoms with E-state index in [4.69, 9.17) is 0 Å². The van der Waals surface area contributed by atoms with Gasteiger partial charge in [-0.05, 0) is 12.8 Å². The summed E-state index contributed by atoms with van der Waals surface area (Å²) < 4.78 is 24.1. The molecule has 0 atom stereocenters. The smallest absolute Gasteiger partial charge is 0.147 e. The van der Waals surface area contributed by atoms with Crippen LogP contribution in [0.2, 0.25) is 0 Å². The van der Waals surface area contributed by atoms with Crippen molar-refractivity contribution < 1.29 is 8.42 Å². The van der Waals surface area contributed by atoms with E-state index >= 15 is 0 Å². The van der Waals surface area contributed by atoms with Crippen LogP contribution in [0.15, 0.2) is 0 Å². The average molecular weight is 244 g/mol. The fraction of sp³-hybridized carbons (Fsp3) is 1.00. The largest absolute Gasteiger partial charge is 0.256 e. The molecule has 0 unspecified atom stereocenters. The van der Waals surface area contributed by atoms with Crippen molar-refractivity contribution >= 4 is 26.0 Å². The molecule has 3 nitrogen and oxygen atoms in total. The van der Waals surface area contributed by atoms with Crippen molar-refractivity contribution in [1.82, 2.24) is 4.34 Å². The molecular weight excluding hydrogens is 230 g/mol. The molecule has 0 saturated heterocycles. The van der Waals surface area contributed by atoms with Crippen molar-refractivity contribution in [2.75, 3.05) is 18.6 Å². The van der Waals surface area contributed by atoms with E-state index in [1.807, 2.05) is 0 Å². The molecule has 1 N–H and O–H groups in total. The summed E-state index contributed by atoms with van der Waals surface area (Å²) in [5.41, 5.74) is 0. The summed E-state index contributed by atoms with van der Waals surface area (Å²) >= 11 is 3.07. The topological polar surface area (TPSA) is 46.2 Å². The zero-order valence-electron chi connectivity index (χ0n) is 6.64. The summed E-state index contributed by atoms with van der Waals surface area (Å²) in [6, 6.07) is 0. The summed E-state index contributed by atoms with van der Waals surface area (Å²) in [4.78, 5) is 0. The number of unbranched alkanes of at least 4 members (excludes halogenated alkanes) is 2. The fourth-order valence-electron chi connectivity index (χ4n) is 0.733. The van der Waals surface area contributed by atoms with Gasteiger partial charge in [-0.2, -0.15) is 0 Å². The summed E-state index contributed by atoms with van der Waals surface area (Å²) in [5, 5.41) is 0. The van der Waals surface area contributed by atoms with Crippen molar-refractivity contribution in [1.29, 1.82) is 0 Å². The van der Waals surface area contributed by atoms with E-state index < -0.39 is 9.84 Å². The van der Waals surface area contributed by atoms with Crippen molar-refractivity contribution in [3.63, 3.8) is 0 Å². The molecule has 0 aromatic carbocycles. The first-order chi connectivity index (χ1) is 5.06. The molecule has 0 bridgehead atoms. The molecule has 0 radical (unpaired) electrons. The van der Waals surface area contributed by atoms with Gasteiger partial charge in [-0.15, -0.1) is 0 Å². The van der Waals surface area contributed by atoms with Crippen LogP contribution in [0.5, 0.6) is 0 Å². The molecule has 5 heteroatoms. The molecule has 0 amide bonds. The zero-order chi connectivity index (χ0) is 8.74. The van der Waals surface area contributed by atoms with Crippen LogP contribution in [0.3, 0.4) is 0 Å². The molecule has 68 valence electrons. The SMILES string of the molecule is CS(=O)(=O)CCCCCNBr. The summed E-state index contributed by atoms with van der Waals surface area (Å²) in [6.45, 7) is 0.893. The Hall–Kier alpha value is 0.390. The molecule has 0 aliphatic carbocycles. The van der Waals surface area contributed by atoms with Gasteiger partial charge in [-0.3, -0.25) is 4.34 Å².